The topological polar surface area (TPSA) is 49.8 Å². The molecule has 148 valence electrons. The zero-order valence-corrected chi connectivity index (χ0v) is 17.3. The first kappa shape index (κ1) is 19.1. The molecule has 1 fully saturated rings. The Morgan fingerprint density at radius 3 is 2.64 bits per heavy atom. The molecule has 1 aromatic carbocycles. The van der Waals surface area contributed by atoms with Gasteiger partial charge in [0.15, 0.2) is 11.5 Å². The molecular weight excluding hydrogens is 370 g/mol. The molecule has 0 saturated heterocycles. The molecular formula is C23H27NO3S. The van der Waals surface area contributed by atoms with Gasteiger partial charge < -0.3 is 9.84 Å². The molecule has 1 amide bonds. The first-order valence-electron chi connectivity index (χ1n) is 10.2. The van der Waals surface area contributed by atoms with E-state index >= 15 is 0 Å². The minimum atomic E-state index is -0.412. The van der Waals surface area contributed by atoms with Crippen LogP contribution in [-0.2, 0) is 9.53 Å². The summed E-state index contributed by atoms with van der Waals surface area (Å²) in [5, 5.41) is 11.7. The second-order valence-electron chi connectivity index (χ2n) is 7.64. The number of carbonyl (C=O) groups is 1. The van der Waals surface area contributed by atoms with Gasteiger partial charge >= 0.3 is 0 Å². The molecule has 1 aromatic heterocycles. The fourth-order valence-electron chi connectivity index (χ4n) is 4.28. The third-order valence-corrected chi connectivity index (χ3v) is 6.93. The Kier molecular flexibility index (Phi) is 5.44. The summed E-state index contributed by atoms with van der Waals surface area (Å²) < 4.78 is 5.80. The van der Waals surface area contributed by atoms with Gasteiger partial charge in [-0.3, -0.25) is 9.69 Å². The van der Waals surface area contributed by atoms with Crippen LogP contribution >= 0.6 is 11.3 Å². The highest BCUT2D eigenvalue weighted by Crippen LogP contribution is 2.47. The summed E-state index contributed by atoms with van der Waals surface area (Å²) in [6.07, 6.45) is 5.25. The number of nitrogens with zero attached hydrogens (tertiary/aromatic N) is 1. The minimum Gasteiger partial charge on any atom is -0.506 e. The van der Waals surface area contributed by atoms with Gasteiger partial charge in [-0.1, -0.05) is 43.2 Å². The van der Waals surface area contributed by atoms with Crippen molar-refractivity contribution in [1.82, 2.24) is 0 Å². The predicted octanol–water partition coefficient (Wildman–Crippen LogP) is 5.99. The number of fused-ring (bicyclic) bond motifs is 1. The lowest BCUT2D eigenvalue weighted by molar-refractivity contribution is -0.119. The first-order chi connectivity index (χ1) is 13.6. The zero-order valence-electron chi connectivity index (χ0n) is 16.5. The van der Waals surface area contributed by atoms with Gasteiger partial charge in [-0.25, -0.2) is 0 Å². The van der Waals surface area contributed by atoms with Gasteiger partial charge in [-0.05, 0) is 44.2 Å². The average molecular weight is 398 g/mol. The average Bonchev–Trinajstić information content (AvgIpc) is 3.36. The van der Waals surface area contributed by atoms with E-state index in [2.05, 4.69) is 12.1 Å². The number of amides is 1. The molecule has 4 nitrogen and oxygen atoms in total. The molecule has 1 aliphatic heterocycles. The number of thiophene rings is 1. The van der Waals surface area contributed by atoms with E-state index in [0.717, 1.165) is 33.8 Å². The highest BCUT2D eigenvalue weighted by atomic mass is 32.1. The maximum absolute atomic E-state index is 13.2. The van der Waals surface area contributed by atoms with Crippen LogP contribution in [0.1, 0.15) is 51.5 Å². The predicted molar refractivity (Wildman–Crippen MR) is 114 cm³/mol. The third-order valence-electron chi connectivity index (χ3n) is 5.75. The molecule has 28 heavy (non-hydrogen) atoms. The van der Waals surface area contributed by atoms with Crippen LogP contribution in [0.15, 0.2) is 42.2 Å². The zero-order chi connectivity index (χ0) is 19.7. The van der Waals surface area contributed by atoms with Gasteiger partial charge in [-0.15, -0.1) is 11.3 Å². The molecule has 1 aliphatic carbocycles. The van der Waals surface area contributed by atoms with Crippen molar-refractivity contribution in [2.45, 2.75) is 52.0 Å². The van der Waals surface area contributed by atoms with E-state index in [1.54, 1.807) is 16.2 Å². The molecule has 4 rings (SSSR count). The molecule has 0 spiro atoms. The number of hydrogen-bond donors (Lipinski definition) is 1. The van der Waals surface area contributed by atoms with E-state index in [-0.39, 0.29) is 11.7 Å². The van der Waals surface area contributed by atoms with E-state index in [1.165, 1.54) is 12.8 Å². The van der Waals surface area contributed by atoms with Crippen LogP contribution in [0, 0.1) is 5.92 Å². The number of aliphatic hydroxyl groups excluding tert-OH is 1. The normalized spacial score (nSPS) is 19.8. The Hall–Kier alpha value is -2.27. The van der Waals surface area contributed by atoms with Crippen LogP contribution in [0.5, 0.6) is 0 Å². The Labute approximate surface area is 170 Å². The largest absolute Gasteiger partial charge is 0.506 e. The summed E-state index contributed by atoms with van der Waals surface area (Å²) in [4.78, 5) is 16.1. The maximum atomic E-state index is 13.2. The summed E-state index contributed by atoms with van der Waals surface area (Å²) in [6, 6.07) is 11.8. The third kappa shape index (κ3) is 3.44. The van der Waals surface area contributed by atoms with Crippen LogP contribution in [0.25, 0.3) is 16.2 Å². The quantitative estimate of drug-likeness (QED) is 0.674. The van der Waals surface area contributed by atoms with Crippen LogP contribution < -0.4 is 4.90 Å². The molecule has 1 atom stereocenters. The molecule has 2 aliphatic rings. The number of carbonyl (C=O) groups excluding carboxylic acids is 1. The van der Waals surface area contributed by atoms with Gasteiger partial charge in [0.1, 0.15) is 5.00 Å². The number of hydrogen-bond acceptors (Lipinski definition) is 4. The number of aliphatic hydroxyl groups is 1. The molecule has 0 bridgehead atoms. The van der Waals surface area contributed by atoms with Crippen molar-refractivity contribution in [2.24, 2.45) is 5.92 Å². The summed E-state index contributed by atoms with van der Waals surface area (Å²) in [5.41, 5.74) is 1.93. The molecule has 2 aromatic rings. The van der Waals surface area contributed by atoms with Crippen LogP contribution in [-0.4, -0.2) is 23.7 Å². The Morgan fingerprint density at radius 1 is 1.25 bits per heavy atom. The summed E-state index contributed by atoms with van der Waals surface area (Å²) >= 11 is 1.60. The summed E-state index contributed by atoms with van der Waals surface area (Å²) in [6.45, 7) is 4.26. The highest BCUT2D eigenvalue weighted by Gasteiger charge is 2.38. The number of rotatable bonds is 5. The lowest BCUT2D eigenvalue weighted by Crippen LogP contribution is -2.43. The highest BCUT2D eigenvalue weighted by molar-refractivity contribution is 7.20. The Bertz CT molecular complexity index is 881. The molecule has 1 N–H and O–H groups in total. The van der Waals surface area contributed by atoms with Crippen molar-refractivity contribution >= 4 is 28.0 Å². The minimum absolute atomic E-state index is 0.101. The van der Waals surface area contributed by atoms with E-state index in [1.807, 2.05) is 38.1 Å². The van der Waals surface area contributed by atoms with E-state index in [9.17, 15) is 9.90 Å². The van der Waals surface area contributed by atoms with Gasteiger partial charge in [0.2, 0.25) is 5.91 Å². The summed E-state index contributed by atoms with van der Waals surface area (Å²) in [5.74, 6) is 1.22. The second kappa shape index (κ2) is 8.00. The molecule has 0 radical (unpaired) electrons. The van der Waals surface area contributed by atoms with Gasteiger partial charge in [0.05, 0.1) is 18.2 Å². The van der Waals surface area contributed by atoms with Gasteiger partial charge in [-0.2, -0.15) is 0 Å². The van der Waals surface area contributed by atoms with Crippen molar-refractivity contribution < 1.29 is 14.6 Å². The van der Waals surface area contributed by atoms with Crippen LogP contribution in [0.3, 0.4) is 0 Å². The monoisotopic (exact) mass is 397 g/mol. The van der Waals surface area contributed by atoms with Crippen LogP contribution in [0.4, 0.5) is 5.00 Å². The number of benzene rings is 1. The number of anilines is 1. The van der Waals surface area contributed by atoms with E-state index in [4.69, 9.17) is 4.74 Å². The van der Waals surface area contributed by atoms with E-state index in [0.29, 0.717) is 24.7 Å². The standard InChI is InChI=1S/C23H27NO3S/c1-3-27-22-18-14-19(17-11-5-4-6-12-17)28-23(18)24(15(2)21(22)26)20(25)13-16-9-7-8-10-16/h4-6,11-12,14-16,26H,3,7-10,13H2,1-2H3. The van der Waals surface area contributed by atoms with Crippen molar-refractivity contribution in [3.8, 4) is 10.4 Å². The maximum Gasteiger partial charge on any atom is 0.228 e. The molecule has 5 heteroatoms. The van der Waals surface area contributed by atoms with Crippen molar-refractivity contribution in [2.75, 3.05) is 11.5 Å². The summed E-state index contributed by atoms with van der Waals surface area (Å²) in [7, 11) is 0. The smallest absolute Gasteiger partial charge is 0.228 e. The fraction of sp³-hybridized carbons (Fsp3) is 0.435. The first-order valence-corrected chi connectivity index (χ1v) is 11.0. The fourth-order valence-corrected chi connectivity index (χ4v) is 5.54. The second-order valence-corrected chi connectivity index (χ2v) is 8.67. The van der Waals surface area contributed by atoms with Crippen molar-refractivity contribution in [3.63, 3.8) is 0 Å². The molecule has 1 unspecified atom stereocenters. The van der Waals surface area contributed by atoms with Crippen LogP contribution in [0.2, 0.25) is 0 Å². The van der Waals surface area contributed by atoms with E-state index < -0.39 is 6.04 Å². The van der Waals surface area contributed by atoms with Crippen molar-refractivity contribution in [1.29, 1.82) is 0 Å². The van der Waals surface area contributed by atoms with Gasteiger partial charge in [0, 0.05) is 11.3 Å². The Morgan fingerprint density at radius 2 is 1.96 bits per heavy atom. The van der Waals surface area contributed by atoms with Crippen molar-refractivity contribution in [3.05, 3.63) is 47.7 Å². The molecule has 1 saturated carbocycles. The molecule has 2 heterocycles. The number of ether oxygens (including phenoxy) is 1. The SMILES string of the molecule is CCOC1=C(O)C(C)N(C(=O)CC2CCCC2)c2sc(-c3ccccc3)cc21. The Balaban J connectivity index is 1.75. The lowest BCUT2D eigenvalue weighted by Gasteiger charge is -2.34. The van der Waals surface area contributed by atoms with Gasteiger partial charge in [0.25, 0.3) is 0 Å². The lowest BCUT2D eigenvalue weighted by atomic mass is 10.00.